The summed E-state index contributed by atoms with van der Waals surface area (Å²) in [5.74, 6) is -1.52. The molecule has 5 rings (SSSR count). The summed E-state index contributed by atoms with van der Waals surface area (Å²) in [6.07, 6.45) is -51.3. The molecule has 0 unspecified atom stereocenters. The van der Waals surface area contributed by atoms with Crippen molar-refractivity contribution in [3.05, 3.63) is 0 Å². The molecule has 32 nitrogen and oxygen atoms in total. The van der Waals surface area contributed by atoms with Gasteiger partial charge in [-0.05, 0) is 6.92 Å². The van der Waals surface area contributed by atoms with Gasteiger partial charge >= 0.3 is 0 Å². The van der Waals surface area contributed by atoms with E-state index in [0.29, 0.717) is 0 Å². The SMILES string of the molecule is CC(=O)N[C@H]1[C@H](OC[C@@H](O)[C@H](O)[C@H](O[C@@H]2O[C@H](CO)[C@H](O[C@H]3O[C@H](CO)[C@H](O)[C@H](O[C@H]4O[C@H](CO)[C@H](O)[C@H](O)[C@H]4O[C@H]4O[C@H](C)[C@H](O)[C@H](O)[C@H]4O)[C@H]3O)[C@H](O)[C@H]2O)[C@H](CO)NC(C)=O)O[C@H](CO)[C@@H](O)[C@@H]1O. The maximum Gasteiger partial charge on any atom is 0.217 e. The summed E-state index contributed by atoms with van der Waals surface area (Å²) in [4.78, 5) is 24.0. The Balaban J connectivity index is 1.33. The molecule has 0 aliphatic carbocycles. The molecule has 0 radical (unpaired) electrons. The molecule has 0 aromatic rings. The Bertz CT molecular complexity index is 1680. The molecule has 5 aliphatic heterocycles. The van der Waals surface area contributed by atoms with Crippen molar-refractivity contribution in [2.75, 3.05) is 39.6 Å². The summed E-state index contributed by atoms with van der Waals surface area (Å²) >= 11 is 0. The van der Waals surface area contributed by atoms with Crippen LogP contribution < -0.4 is 10.6 Å². The average Bonchev–Trinajstić information content (AvgIpc) is 3.35. The van der Waals surface area contributed by atoms with Gasteiger partial charge < -0.3 is 150 Å². The number of aliphatic hydroxyl groups is 18. The van der Waals surface area contributed by atoms with Gasteiger partial charge in [0.05, 0.1) is 51.8 Å². The zero-order chi connectivity index (χ0) is 53.6. The van der Waals surface area contributed by atoms with Gasteiger partial charge in [0.1, 0.15) is 134 Å². The third-order valence-corrected chi connectivity index (χ3v) is 12.8. The van der Waals surface area contributed by atoms with Gasteiger partial charge in [-0.3, -0.25) is 9.59 Å². The first-order valence-corrected chi connectivity index (χ1v) is 22.9. The number of carbonyl (C=O) groups excluding carboxylic acids is 2. The Labute approximate surface area is 409 Å². The summed E-state index contributed by atoms with van der Waals surface area (Å²) in [6.45, 7) is -2.46. The van der Waals surface area contributed by atoms with Crippen LogP contribution in [-0.2, 0) is 57.0 Å². The van der Waals surface area contributed by atoms with Gasteiger partial charge in [0, 0.05) is 13.8 Å². The zero-order valence-electron chi connectivity index (χ0n) is 38.9. The minimum Gasteiger partial charge on any atom is -0.394 e. The standard InChI is InChI=1S/C40H70N2O30/c1-10-20(51)26(57)29(60)37(64-10)72-35-27(58)23(54)16(6-45)67-40(35)71-34-24(55)17(7-46)66-39(31(34)62)70-33-18(8-47)68-38(30(61)28(33)59)69-32(13(4-43)41-11(2)48)21(52)14(50)9-63-36-19(42-12(3)49)25(56)22(53)15(5-44)65-36/h10,13-40,43-47,50-62H,4-9H2,1-3H3,(H,41,48)(H,42,49)/t10-,13+,14-,15-,16-,17-,18-,19-,20+,21+,22-,23+,24+,25-,26+,27+,28-,29-,30-,31-,32-,33+,34+,35-,36-,37-,38+,39-,40-/m1/s1. The van der Waals surface area contributed by atoms with Gasteiger partial charge in [-0.25, -0.2) is 0 Å². The van der Waals surface area contributed by atoms with Gasteiger partial charge in [0.2, 0.25) is 11.8 Å². The first-order chi connectivity index (χ1) is 33.9. The van der Waals surface area contributed by atoms with E-state index in [1.54, 1.807) is 0 Å². The van der Waals surface area contributed by atoms with Gasteiger partial charge in [-0.15, -0.1) is 0 Å². The molecule has 29 atom stereocenters. The molecule has 2 amide bonds. The predicted molar refractivity (Wildman–Crippen MR) is 223 cm³/mol. The van der Waals surface area contributed by atoms with E-state index in [-0.39, 0.29) is 0 Å². The van der Waals surface area contributed by atoms with E-state index in [0.717, 1.165) is 13.8 Å². The molecule has 420 valence electrons. The number of hydrogen-bond donors (Lipinski definition) is 20. The molecular formula is C40H70N2O30. The Morgan fingerprint density at radius 3 is 1.56 bits per heavy atom. The van der Waals surface area contributed by atoms with Crippen LogP contribution in [0.1, 0.15) is 20.8 Å². The van der Waals surface area contributed by atoms with Crippen molar-refractivity contribution in [3.8, 4) is 0 Å². The lowest BCUT2D eigenvalue weighted by molar-refractivity contribution is -0.396. The molecule has 5 saturated heterocycles. The van der Waals surface area contributed by atoms with Crippen molar-refractivity contribution < 1.29 is 149 Å². The number of aliphatic hydroxyl groups excluding tert-OH is 18. The monoisotopic (exact) mass is 1060 g/mol. The summed E-state index contributed by atoms with van der Waals surface area (Å²) in [5.41, 5.74) is 0. The first kappa shape index (κ1) is 60.7. The highest BCUT2D eigenvalue weighted by atomic mass is 16.8. The van der Waals surface area contributed by atoms with Crippen molar-refractivity contribution in [3.63, 3.8) is 0 Å². The van der Waals surface area contributed by atoms with Crippen molar-refractivity contribution >= 4 is 11.8 Å². The second kappa shape index (κ2) is 26.7. The maximum atomic E-state index is 12.2. The molecule has 20 N–H and O–H groups in total. The molecule has 5 heterocycles. The van der Waals surface area contributed by atoms with Crippen LogP contribution in [0, 0.1) is 0 Å². The van der Waals surface area contributed by atoms with E-state index in [1.807, 2.05) is 0 Å². The van der Waals surface area contributed by atoms with Crippen LogP contribution in [0.15, 0.2) is 0 Å². The highest BCUT2D eigenvalue weighted by molar-refractivity contribution is 5.73. The summed E-state index contributed by atoms with van der Waals surface area (Å²) in [5, 5.41) is 197. The van der Waals surface area contributed by atoms with E-state index in [1.165, 1.54) is 6.92 Å². The van der Waals surface area contributed by atoms with E-state index in [4.69, 9.17) is 47.4 Å². The second-order valence-corrected chi connectivity index (χ2v) is 18.0. The molecular weight excluding hydrogens is 988 g/mol. The van der Waals surface area contributed by atoms with Crippen LogP contribution in [0.5, 0.6) is 0 Å². The van der Waals surface area contributed by atoms with Crippen LogP contribution in [-0.4, -0.2) is 321 Å². The Morgan fingerprint density at radius 1 is 0.500 bits per heavy atom. The fourth-order valence-electron chi connectivity index (χ4n) is 8.75. The number of hydrogen-bond acceptors (Lipinski definition) is 30. The summed E-state index contributed by atoms with van der Waals surface area (Å²) in [7, 11) is 0. The van der Waals surface area contributed by atoms with E-state index < -0.39 is 229 Å². The number of ether oxygens (including phenoxy) is 10. The molecule has 32 heteroatoms. The fourth-order valence-corrected chi connectivity index (χ4v) is 8.75. The van der Waals surface area contributed by atoms with Crippen molar-refractivity contribution in [1.82, 2.24) is 10.6 Å². The van der Waals surface area contributed by atoms with Crippen molar-refractivity contribution in [2.45, 2.75) is 199 Å². The van der Waals surface area contributed by atoms with E-state index in [2.05, 4.69) is 10.6 Å². The minimum absolute atomic E-state index is 0.711. The van der Waals surface area contributed by atoms with Crippen LogP contribution in [0.4, 0.5) is 0 Å². The van der Waals surface area contributed by atoms with Crippen LogP contribution >= 0.6 is 0 Å². The van der Waals surface area contributed by atoms with Gasteiger partial charge in [0.15, 0.2) is 31.5 Å². The third kappa shape index (κ3) is 13.7. The number of amides is 2. The first-order valence-electron chi connectivity index (χ1n) is 22.9. The molecule has 72 heavy (non-hydrogen) atoms. The van der Waals surface area contributed by atoms with Crippen molar-refractivity contribution in [2.24, 2.45) is 0 Å². The smallest absolute Gasteiger partial charge is 0.217 e. The second-order valence-electron chi connectivity index (χ2n) is 18.0. The number of nitrogens with one attached hydrogen (secondary N) is 2. The highest BCUT2D eigenvalue weighted by Crippen LogP contribution is 2.35. The quantitative estimate of drug-likeness (QED) is 0.0507. The molecule has 0 saturated carbocycles. The Kier molecular flexibility index (Phi) is 22.5. The van der Waals surface area contributed by atoms with Crippen LogP contribution in [0.2, 0.25) is 0 Å². The van der Waals surface area contributed by atoms with Crippen LogP contribution in [0.3, 0.4) is 0 Å². The lowest BCUT2D eigenvalue weighted by Crippen LogP contribution is -2.68. The van der Waals surface area contributed by atoms with Crippen LogP contribution in [0.25, 0.3) is 0 Å². The number of rotatable bonds is 21. The summed E-state index contributed by atoms with van der Waals surface area (Å²) < 4.78 is 56.4. The van der Waals surface area contributed by atoms with Crippen molar-refractivity contribution in [1.29, 1.82) is 0 Å². The van der Waals surface area contributed by atoms with E-state index in [9.17, 15) is 102 Å². The van der Waals surface area contributed by atoms with Gasteiger partial charge in [-0.2, -0.15) is 0 Å². The lowest BCUT2D eigenvalue weighted by Gasteiger charge is -2.49. The van der Waals surface area contributed by atoms with Gasteiger partial charge in [0.25, 0.3) is 0 Å². The molecule has 5 aliphatic rings. The van der Waals surface area contributed by atoms with Gasteiger partial charge in [-0.1, -0.05) is 0 Å². The minimum atomic E-state index is -2.28. The third-order valence-electron chi connectivity index (χ3n) is 12.8. The topological polar surface area (TPSA) is 515 Å². The highest BCUT2D eigenvalue weighted by Gasteiger charge is 2.56. The molecule has 0 aromatic heterocycles. The van der Waals surface area contributed by atoms with E-state index >= 15 is 0 Å². The fraction of sp³-hybridized carbons (Fsp3) is 0.950. The normalized spacial score (nSPS) is 45.7. The molecule has 5 fully saturated rings. The largest absolute Gasteiger partial charge is 0.394 e. The summed E-state index contributed by atoms with van der Waals surface area (Å²) in [6, 6.07) is -3.12. The molecule has 0 aromatic carbocycles. The average molecular weight is 1060 g/mol. The maximum absolute atomic E-state index is 12.2. The lowest BCUT2D eigenvalue weighted by atomic mass is 9.95. The zero-order valence-corrected chi connectivity index (χ0v) is 38.9. The predicted octanol–water partition coefficient (Wildman–Crippen LogP) is -13.1. The Morgan fingerprint density at radius 2 is 0.986 bits per heavy atom. The number of carbonyl (C=O) groups is 2. The Hall–Kier alpha value is -2.18. The molecule has 0 spiro atoms. The molecule has 0 bridgehead atoms.